The number of nitrogens with zero attached hydrogens (tertiary/aromatic N) is 10. The van der Waals surface area contributed by atoms with E-state index in [0.29, 0.717) is 69.7 Å². The standard InChI is InChI=1S/C60H78N20.4C2HF3O2.Cu/c1-29(2)61-57(62-30(3)4)69-37-17-21-41-45(25-37)53-73-49(41)78-54-47-27-39(71-59(65-33(9)10)66-34(11)12)19-23-43(47)51(75-54)80-56-48-28-40(72-60(67-35(13)14)68-36(15)16)20-24-44(48)52(76-56)79-55-46-26-38(18-22-42(46)50(74-55)77-53)70-58(63-31(5)6)64-32(7)8;4*3-2(4,5)1(6)7;/h17-36H,1-16H3,(H2,61,62,69)(H2,63,64,70)(H2,65,66,71)(H2,67,68,72)(H2,73,74,75,76,77,78,79,80);4*(H,6,7);/q;;;;;+2. The number of aromatic nitrogens is 8. The Kier molecular flexibility index (Phi) is 31.6. The number of aromatic amines is 2. The summed E-state index contributed by atoms with van der Waals surface area (Å²) < 4.78 is 127. The average molecular weight is 1600 g/mol. The molecule has 41 heteroatoms. The zero-order valence-corrected chi connectivity index (χ0v) is 62.2. The molecule has 0 aliphatic carbocycles. The maximum Gasteiger partial charge on any atom is 2.00 e. The predicted molar refractivity (Wildman–Crippen MR) is 389 cm³/mol. The largest absolute Gasteiger partial charge is 2.00 e. The third-order valence-corrected chi connectivity index (χ3v) is 13.1. The molecule has 0 saturated carbocycles. The number of rotatable bonds is 12. The third kappa shape index (κ3) is 27.9. The van der Waals surface area contributed by atoms with Crippen LogP contribution < -0.4 is 42.5 Å². The summed E-state index contributed by atoms with van der Waals surface area (Å²) in [4.78, 5) is 94.4. The number of aliphatic imine (C=N–C) groups is 4. The van der Waals surface area contributed by atoms with Crippen molar-refractivity contribution >= 4 is 115 Å². The van der Waals surface area contributed by atoms with Crippen molar-refractivity contribution in [3.63, 3.8) is 0 Å². The first-order valence-electron chi connectivity index (χ1n) is 32.9. The smallest absolute Gasteiger partial charge is 0.475 e. The summed E-state index contributed by atoms with van der Waals surface area (Å²) in [7, 11) is 0. The van der Waals surface area contributed by atoms with Crippen molar-refractivity contribution in [2.75, 3.05) is 21.3 Å². The molecular formula is C68H82CuF12N20O8+2. The van der Waals surface area contributed by atoms with Gasteiger partial charge in [0, 0.05) is 115 Å². The Balaban J connectivity index is 0.000000732. The average Bonchev–Trinajstić information content (AvgIpc) is 1.60. The number of guanidine groups is 4. The Hall–Kier alpha value is -11.1. The molecule has 0 atom stereocenters. The van der Waals surface area contributed by atoms with Gasteiger partial charge in [0.05, 0.1) is 0 Å². The first-order valence-corrected chi connectivity index (χ1v) is 32.9. The van der Waals surface area contributed by atoms with Gasteiger partial charge in [-0.15, -0.1) is 0 Å². The molecule has 0 spiro atoms. The number of anilines is 4. The minimum absolute atomic E-state index is 0. The fourth-order valence-electron chi connectivity index (χ4n) is 9.20. The van der Waals surface area contributed by atoms with Crippen LogP contribution in [0.4, 0.5) is 75.4 Å². The minimum Gasteiger partial charge on any atom is -0.475 e. The van der Waals surface area contributed by atoms with E-state index in [4.69, 9.17) is 89.5 Å². The molecular weight excluding hydrogens is 1520 g/mol. The van der Waals surface area contributed by atoms with Crippen LogP contribution in [-0.4, -0.2) is 181 Å². The van der Waals surface area contributed by atoms with Gasteiger partial charge < -0.3 is 72.9 Å². The van der Waals surface area contributed by atoms with Crippen molar-refractivity contribution in [3.05, 3.63) is 72.8 Å². The number of H-pyrrole nitrogens is 2. The molecule has 5 heterocycles. The number of alkyl halides is 12. The molecule has 595 valence electrons. The Bertz CT molecular complexity index is 4350. The van der Waals surface area contributed by atoms with E-state index in [1.807, 2.05) is 48.5 Å². The molecule has 0 amide bonds. The number of nitrogens with one attached hydrogen (secondary N) is 10. The molecule has 2 aliphatic rings. The van der Waals surface area contributed by atoms with Gasteiger partial charge >= 0.3 is 65.7 Å². The summed E-state index contributed by atoms with van der Waals surface area (Å²) in [5.41, 5.74) is 8.59. The topological polar surface area (TPSA) is 404 Å². The summed E-state index contributed by atoms with van der Waals surface area (Å²) >= 11 is 0. The van der Waals surface area contributed by atoms with Crippen LogP contribution in [0.25, 0.3) is 89.7 Å². The van der Waals surface area contributed by atoms with Crippen LogP contribution in [0.15, 0.2) is 92.8 Å². The minimum atomic E-state index is -5.08. The maximum absolute atomic E-state index is 10.6. The quantitative estimate of drug-likeness (QED) is 0.0234. The number of halogens is 12. The first-order chi connectivity index (χ1) is 49.9. The van der Waals surface area contributed by atoms with Crippen LogP contribution in [0.2, 0.25) is 0 Å². The fraction of sp³-hybridized carbons (Fsp3) is 0.412. The van der Waals surface area contributed by atoms with Gasteiger partial charge in [0.2, 0.25) is 0 Å². The van der Waals surface area contributed by atoms with Crippen LogP contribution >= 0.6 is 0 Å². The van der Waals surface area contributed by atoms with E-state index < -0.39 is 48.6 Å². The number of hydrogen-bond donors (Lipinski definition) is 14. The molecule has 0 unspecified atom stereocenters. The number of aliphatic carboxylic acids is 4. The molecule has 3 aromatic heterocycles. The SMILES string of the molecule is CC(C)N=C(Nc1ccc2c(c1)-c1nc-2nc2[nH]c(nc3nc(nc4[nH]c(n1)c1ccc(NC(=NC(C)C)NC(C)C)cc41)-c1ccc(NC(=NC(C)C)NC(C)C)cc1-3)c1ccc(NC(=NC(C)C)NC(C)C)cc21)NC(C)C.O=C(O)C(F)(F)F.O=C(O)C(F)(F)F.O=C(O)C(F)(F)F.O=C(O)C(F)(F)F.[Cu+2]. The summed E-state index contributed by atoms with van der Waals surface area (Å²) in [6.45, 7) is 33.2. The summed E-state index contributed by atoms with van der Waals surface area (Å²) in [5.74, 6) is -6.50. The second-order valence-corrected chi connectivity index (χ2v) is 25.8. The van der Waals surface area contributed by atoms with Gasteiger partial charge in [0.1, 0.15) is 22.6 Å². The fourth-order valence-corrected chi connectivity index (χ4v) is 9.20. The number of carboxylic acids is 4. The van der Waals surface area contributed by atoms with Gasteiger partial charge in [-0.2, -0.15) is 52.7 Å². The zero-order chi connectivity index (χ0) is 81.4. The van der Waals surface area contributed by atoms with Crippen LogP contribution in [0, 0.1) is 0 Å². The molecule has 7 aromatic rings. The van der Waals surface area contributed by atoms with Crippen molar-refractivity contribution in [2.24, 2.45) is 20.0 Å². The van der Waals surface area contributed by atoms with Crippen molar-refractivity contribution in [1.29, 1.82) is 0 Å². The van der Waals surface area contributed by atoms with Crippen LogP contribution in [0.3, 0.4) is 0 Å². The van der Waals surface area contributed by atoms with Gasteiger partial charge in [0.15, 0.2) is 47.1 Å². The Morgan fingerprint density at radius 1 is 0.321 bits per heavy atom. The zero-order valence-electron chi connectivity index (χ0n) is 61.3. The van der Waals surface area contributed by atoms with E-state index >= 15 is 0 Å². The molecule has 0 fully saturated rings. The van der Waals surface area contributed by atoms with Crippen molar-refractivity contribution < 1.29 is 109 Å². The van der Waals surface area contributed by atoms with E-state index in [0.717, 1.165) is 66.5 Å². The van der Waals surface area contributed by atoms with Crippen molar-refractivity contribution in [2.45, 2.75) is 184 Å². The van der Waals surface area contributed by atoms with Crippen molar-refractivity contribution in [3.8, 4) is 45.6 Å². The van der Waals surface area contributed by atoms with Gasteiger partial charge in [-0.1, -0.05) is 0 Å². The third-order valence-electron chi connectivity index (χ3n) is 13.1. The molecule has 0 saturated heterocycles. The van der Waals surface area contributed by atoms with E-state index in [-0.39, 0.29) is 65.4 Å². The molecule has 109 heavy (non-hydrogen) atoms. The second kappa shape index (κ2) is 38.1. The number of benzene rings is 4. The maximum atomic E-state index is 10.6. The Morgan fingerprint density at radius 3 is 0.734 bits per heavy atom. The molecule has 9 rings (SSSR count). The molecule has 1 radical (unpaired) electrons. The summed E-state index contributed by atoms with van der Waals surface area (Å²) in [5, 5.41) is 59.8. The van der Waals surface area contributed by atoms with Crippen LogP contribution in [0.1, 0.15) is 111 Å². The van der Waals surface area contributed by atoms with E-state index in [9.17, 15) is 52.7 Å². The molecule has 2 aliphatic heterocycles. The van der Waals surface area contributed by atoms with Crippen molar-refractivity contribution in [1.82, 2.24) is 61.1 Å². The summed E-state index contributed by atoms with van der Waals surface area (Å²) in [6.07, 6.45) is -20.3. The Morgan fingerprint density at radius 2 is 0.523 bits per heavy atom. The molecule has 8 bridgehead atoms. The molecule has 4 aromatic carbocycles. The number of fused-ring (bicyclic) bond motifs is 20. The Labute approximate surface area is 626 Å². The second-order valence-electron chi connectivity index (χ2n) is 25.8. The van der Waals surface area contributed by atoms with Crippen LogP contribution in [-0.2, 0) is 36.2 Å². The first kappa shape index (κ1) is 90.3. The van der Waals surface area contributed by atoms with Gasteiger partial charge in [-0.25, -0.2) is 49.1 Å². The molecule has 28 nitrogen and oxygen atoms in total. The van der Waals surface area contributed by atoms with Gasteiger partial charge in [0.25, 0.3) is 0 Å². The number of carbonyl (C=O) groups is 4. The van der Waals surface area contributed by atoms with E-state index in [1.54, 1.807) is 0 Å². The van der Waals surface area contributed by atoms with Gasteiger partial charge in [-0.3, -0.25) is 20.0 Å². The predicted octanol–water partition coefficient (Wildman–Crippen LogP) is 14.1. The van der Waals surface area contributed by atoms with Crippen LogP contribution in [0.5, 0.6) is 0 Å². The van der Waals surface area contributed by atoms with E-state index in [1.165, 1.54) is 0 Å². The summed E-state index contributed by atoms with van der Waals surface area (Å²) in [6, 6.07) is 25.3. The monoisotopic (exact) mass is 1600 g/mol. The normalized spacial score (nSPS) is 12.6. The number of hydrogen-bond acceptors (Lipinski definition) is 14. The number of carboxylic acid groups (broad SMARTS) is 4. The van der Waals surface area contributed by atoms with E-state index in [2.05, 4.69) is 188 Å². The van der Waals surface area contributed by atoms with Gasteiger partial charge in [-0.05, 0) is 184 Å². The molecule has 14 N–H and O–H groups in total.